The van der Waals surface area contributed by atoms with Crippen molar-refractivity contribution in [3.05, 3.63) is 75.1 Å². The van der Waals surface area contributed by atoms with Gasteiger partial charge in [-0.3, -0.25) is 10.1 Å². The van der Waals surface area contributed by atoms with Crippen LogP contribution in [0.4, 0.5) is 5.13 Å². The summed E-state index contributed by atoms with van der Waals surface area (Å²) >= 11 is 13.3. The number of aromatic nitrogens is 1. The molecule has 0 saturated heterocycles. The molecule has 0 fully saturated rings. The largest absolute Gasteiger partial charge is 0.298 e. The van der Waals surface area contributed by atoms with Gasteiger partial charge in [0, 0.05) is 16.5 Å². The van der Waals surface area contributed by atoms with Crippen molar-refractivity contribution in [1.29, 1.82) is 0 Å². The lowest BCUT2D eigenvalue weighted by Gasteiger charge is -1.99. The van der Waals surface area contributed by atoms with Crippen LogP contribution in [0, 0.1) is 6.92 Å². The minimum Gasteiger partial charge on any atom is -0.298 e. The average molecular weight is 389 g/mol. The minimum atomic E-state index is -0.251. The van der Waals surface area contributed by atoms with Gasteiger partial charge in [0.25, 0.3) is 0 Å². The lowest BCUT2D eigenvalue weighted by Crippen LogP contribution is -2.07. The van der Waals surface area contributed by atoms with Crippen molar-refractivity contribution in [2.24, 2.45) is 0 Å². The standard InChI is InChI=1S/C19H14Cl2N2OS/c1-12-18(14-5-3-2-4-6-14)23-19(25-12)22-17(24)10-8-13-7-9-15(20)16(21)11-13/h2-11H,1H3,(H,22,23,24). The number of benzene rings is 2. The second kappa shape index (κ2) is 7.83. The van der Waals surface area contributed by atoms with Crippen molar-refractivity contribution in [1.82, 2.24) is 4.98 Å². The first-order valence-corrected chi connectivity index (χ1v) is 9.07. The Balaban J connectivity index is 1.71. The van der Waals surface area contributed by atoms with Gasteiger partial charge in [0.15, 0.2) is 5.13 Å². The number of carbonyl (C=O) groups is 1. The summed E-state index contributed by atoms with van der Waals surface area (Å²) in [6, 6.07) is 15.1. The normalized spacial score (nSPS) is 11.0. The Kier molecular flexibility index (Phi) is 5.53. The molecule has 0 radical (unpaired) electrons. The maximum atomic E-state index is 12.1. The van der Waals surface area contributed by atoms with Crippen LogP contribution in [0.3, 0.4) is 0 Å². The van der Waals surface area contributed by atoms with Crippen molar-refractivity contribution in [3.63, 3.8) is 0 Å². The van der Waals surface area contributed by atoms with Crippen LogP contribution < -0.4 is 5.32 Å². The molecule has 0 aliphatic carbocycles. The van der Waals surface area contributed by atoms with Gasteiger partial charge in [0.2, 0.25) is 5.91 Å². The Hall–Kier alpha value is -2.14. The molecule has 126 valence electrons. The molecule has 3 aromatic rings. The highest BCUT2D eigenvalue weighted by Crippen LogP contribution is 2.30. The first-order chi connectivity index (χ1) is 12.0. The summed E-state index contributed by atoms with van der Waals surface area (Å²) in [4.78, 5) is 17.7. The molecule has 1 amide bonds. The fourth-order valence-electron chi connectivity index (χ4n) is 2.25. The van der Waals surface area contributed by atoms with E-state index in [0.717, 1.165) is 21.7 Å². The van der Waals surface area contributed by atoms with Crippen molar-refractivity contribution in [2.45, 2.75) is 6.92 Å². The molecule has 1 aromatic heterocycles. The smallest absolute Gasteiger partial charge is 0.250 e. The lowest BCUT2D eigenvalue weighted by atomic mass is 10.1. The number of nitrogens with zero attached hydrogens (tertiary/aromatic N) is 1. The first-order valence-electron chi connectivity index (χ1n) is 7.50. The Morgan fingerprint density at radius 3 is 2.60 bits per heavy atom. The van der Waals surface area contributed by atoms with Gasteiger partial charge in [-0.25, -0.2) is 4.98 Å². The molecule has 3 rings (SSSR count). The molecule has 1 heterocycles. The van der Waals surface area contributed by atoms with Gasteiger partial charge in [0.1, 0.15) is 0 Å². The highest BCUT2D eigenvalue weighted by molar-refractivity contribution is 7.16. The van der Waals surface area contributed by atoms with Gasteiger partial charge in [-0.05, 0) is 30.7 Å². The maximum absolute atomic E-state index is 12.1. The van der Waals surface area contributed by atoms with Crippen molar-refractivity contribution < 1.29 is 4.79 Å². The van der Waals surface area contributed by atoms with Gasteiger partial charge >= 0.3 is 0 Å². The summed E-state index contributed by atoms with van der Waals surface area (Å²) in [5.41, 5.74) is 2.71. The molecular weight excluding hydrogens is 375 g/mol. The van der Waals surface area contributed by atoms with Gasteiger partial charge in [-0.1, -0.05) is 59.6 Å². The van der Waals surface area contributed by atoms with E-state index in [2.05, 4.69) is 10.3 Å². The van der Waals surface area contributed by atoms with Gasteiger partial charge < -0.3 is 0 Å². The summed E-state index contributed by atoms with van der Waals surface area (Å²) in [5, 5.41) is 4.29. The molecule has 2 aromatic carbocycles. The predicted octanol–water partition coefficient (Wildman–Crippen LogP) is 6.08. The summed E-state index contributed by atoms with van der Waals surface area (Å²) in [5.74, 6) is -0.251. The van der Waals surface area contributed by atoms with Crippen LogP contribution in [0.2, 0.25) is 10.0 Å². The van der Waals surface area contributed by atoms with Gasteiger partial charge in [0.05, 0.1) is 15.7 Å². The van der Waals surface area contributed by atoms with Crippen molar-refractivity contribution in [3.8, 4) is 11.3 Å². The van der Waals surface area contributed by atoms with Crippen LogP contribution in [0.5, 0.6) is 0 Å². The van der Waals surface area contributed by atoms with E-state index in [0.29, 0.717) is 15.2 Å². The number of thiazole rings is 1. The van der Waals surface area contributed by atoms with Crippen LogP contribution in [0.15, 0.2) is 54.6 Å². The van der Waals surface area contributed by atoms with E-state index in [1.165, 1.54) is 17.4 Å². The van der Waals surface area contributed by atoms with Crippen LogP contribution in [0.1, 0.15) is 10.4 Å². The number of hydrogen-bond donors (Lipinski definition) is 1. The second-order valence-corrected chi connectivity index (χ2v) is 7.30. The van der Waals surface area contributed by atoms with E-state index in [4.69, 9.17) is 23.2 Å². The number of halogens is 2. The molecule has 0 aliphatic rings. The van der Waals surface area contributed by atoms with E-state index >= 15 is 0 Å². The number of hydrogen-bond acceptors (Lipinski definition) is 3. The van der Waals surface area contributed by atoms with Crippen LogP contribution >= 0.6 is 34.5 Å². The third-order valence-corrected chi connectivity index (χ3v) is 5.07. The summed E-state index contributed by atoms with van der Waals surface area (Å²) in [6.07, 6.45) is 3.12. The summed E-state index contributed by atoms with van der Waals surface area (Å²) in [6.45, 7) is 1.99. The maximum Gasteiger partial charge on any atom is 0.250 e. The van der Waals surface area contributed by atoms with Gasteiger partial charge in [-0.15, -0.1) is 11.3 Å². The molecule has 0 aliphatic heterocycles. The predicted molar refractivity (Wildman–Crippen MR) is 106 cm³/mol. The zero-order chi connectivity index (χ0) is 17.8. The number of aryl methyl sites for hydroxylation is 1. The average Bonchev–Trinajstić information content (AvgIpc) is 2.97. The van der Waals surface area contributed by atoms with E-state index in [9.17, 15) is 4.79 Å². The van der Waals surface area contributed by atoms with Crippen LogP contribution in [-0.4, -0.2) is 10.9 Å². The Morgan fingerprint density at radius 2 is 1.88 bits per heavy atom. The lowest BCUT2D eigenvalue weighted by molar-refractivity contribution is -0.111. The molecule has 0 bridgehead atoms. The van der Waals surface area contributed by atoms with E-state index in [-0.39, 0.29) is 5.91 Å². The molecule has 0 saturated carbocycles. The molecular formula is C19H14Cl2N2OS. The Bertz CT molecular complexity index is 936. The number of carbonyl (C=O) groups excluding carboxylic acids is 1. The molecule has 1 N–H and O–H groups in total. The molecule has 3 nitrogen and oxygen atoms in total. The zero-order valence-electron chi connectivity index (χ0n) is 13.3. The molecule has 0 unspecified atom stereocenters. The SMILES string of the molecule is Cc1sc(NC(=O)C=Cc2ccc(Cl)c(Cl)c2)nc1-c1ccccc1. The van der Waals surface area contributed by atoms with E-state index < -0.39 is 0 Å². The van der Waals surface area contributed by atoms with Crippen molar-refractivity contribution in [2.75, 3.05) is 5.32 Å². The number of rotatable bonds is 4. The fourth-order valence-corrected chi connectivity index (χ4v) is 3.39. The number of nitrogens with one attached hydrogen (secondary N) is 1. The fraction of sp³-hybridized carbons (Fsp3) is 0.0526. The minimum absolute atomic E-state index is 0.251. The monoisotopic (exact) mass is 388 g/mol. The topological polar surface area (TPSA) is 42.0 Å². The number of amides is 1. The van der Waals surface area contributed by atoms with Crippen LogP contribution in [-0.2, 0) is 4.79 Å². The third kappa shape index (κ3) is 4.48. The molecule has 25 heavy (non-hydrogen) atoms. The molecule has 6 heteroatoms. The van der Waals surface area contributed by atoms with E-state index in [1.54, 1.807) is 24.3 Å². The number of anilines is 1. The quantitative estimate of drug-likeness (QED) is 0.550. The third-order valence-electron chi connectivity index (χ3n) is 3.44. The van der Waals surface area contributed by atoms with Crippen molar-refractivity contribution >= 4 is 51.7 Å². The molecule has 0 atom stereocenters. The summed E-state index contributed by atoms with van der Waals surface area (Å²) < 4.78 is 0. The molecule has 0 spiro atoms. The highest BCUT2D eigenvalue weighted by Gasteiger charge is 2.10. The second-order valence-electron chi connectivity index (χ2n) is 5.29. The van der Waals surface area contributed by atoms with Crippen LogP contribution in [0.25, 0.3) is 17.3 Å². The zero-order valence-corrected chi connectivity index (χ0v) is 15.6. The Labute approximate surface area is 159 Å². The van der Waals surface area contributed by atoms with Gasteiger partial charge in [-0.2, -0.15) is 0 Å². The first kappa shape index (κ1) is 17.7. The summed E-state index contributed by atoms with van der Waals surface area (Å²) in [7, 11) is 0. The highest BCUT2D eigenvalue weighted by atomic mass is 35.5. The Morgan fingerprint density at radius 1 is 1.12 bits per heavy atom. The van der Waals surface area contributed by atoms with E-state index in [1.807, 2.05) is 37.3 Å².